The molecule has 0 spiro atoms. The van der Waals surface area contributed by atoms with Crippen molar-refractivity contribution < 1.29 is 0 Å². The summed E-state index contributed by atoms with van der Waals surface area (Å²) in [5.74, 6) is 1.32. The Morgan fingerprint density at radius 3 is 2.22 bits per heavy atom. The summed E-state index contributed by atoms with van der Waals surface area (Å²) in [4.78, 5) is 2.67. The summed E-state index contributed by atoms with van der Waals surface area (Å²) >= 11 is 5.62. The van der Waals surface area contributed by atoms with Crippen molar-refractivity contribution in [1.29, 1.82) is 0 Å². The first-order chi connectivity index (χ1) is 8.64. The van der Waals surface area contributed by atoms with E-state index in [2.05, 4.69) is 46.4 Å². The Morgan fingerprint density at radius 1 is 1.00 bits per heavy atom. The van der Waals surface area contributed by atoms with Gasteiger partial charge in [-0.05, 0) is 33.2 Å². The number of nitrogens with zero attached hydrogens (tertiary/aromatic N) is 1. The van der Waals surface area contributed by atoms with Crippen LogP contribution in [0.2, 0.25) is 0 Å². The smallest absolute Gasteiger partial charge is 0.0231 e. The minimum Gasteiger partial charge on any atom is -0.301 e. The molecular formula is C15H30BrNS. The molecule has 0 aromatic rings. The highest BCUT2D eigenvalue weighted by atomic mass is 79.9. The lowest BCUT2D eigenvalue weighted by Crippen LogP contribution is -2.43. The number of thioether (sulfide) groups is 1. The van der Waals surface area contributed by atoms with Crippen LogP contribution in [-0.4, -0.2) is 40.4 Å². The van der Waals surface area contributed by atoms with Gasteiger partial charge in [0.15, 0.2) is 0 Å². The van der Waals surface area contributed by atoms with Gasteiger partial charge in [0.2, 0.25) is 0 Å². The van der Waals surface area contributed by atoms with Crippen molar-refractivity contribution in [3.8, 4) is 0 Å². The normalized spacial score (nSPS) is 20.2. The number of alkyl halides is 1. The van der Waals surface area contributed by atoms with Crippen LogP contribution in [0.25, 0.3) is 0 Å². The average molecular weight is 336 g/mol. The van der Waals surface area contributed by atoms with E-state index in [1.807, 2.05) is 0 Å². The SMILES string of the molecule is CC1(C)CN(CCCCCCCCCBr)CCS1. The average Bonchev–Trinajstić information content (AvgIpc) is 2.31. The Hall–Kier alpha value is 0.790. The van der Waals surface area contributed by atoms with Crippen LogP contribution in [-0.2, 0) is 0 Å². The van der Waals surface area contributed by atoms with Gasteiger partial charge in [-0.15, -0.1) is 0 Å². The van der Waals surface area contributed by atoms with Gasteiger partial charge >= 0.3 is 0 Å². The zero-order valence-electron chi connectivity index (χ0n) is 12.2. The van der Waals surface area contributed by atoms with E-state index in [9.17, 15) is 0 Å². The standard InChI is InChI=1S/C15H30BrNS/c1-15(2)14-17(12-13-18-15)11-9-7-5-3-4-6-8-10-16/h3-14H2,1-2H3. The third kappa shape index (κ3) is 8.06. The molecule has 1 aliphatic rings. The summed E-state index contributed by atoms with van der Waals surface area (Å²) in [5, 5.41) is 1.18. The summed E-state index contributed by atoms with van der Waals surface area (Å²) in [6.07, 6.45) is 9.89. The number of rotatable bonds is 9. The molecule has 0 aliphatic carbocycles. The van der Waals surface area contributed by atoms with Crippen LogP contribution >= 0.6 is 27.7 Å². The number of hydrogen-bond acceptors (Lipinski definition) is 2. The highest BCUT2D eigenvalue weighted by Crippen LogP contribution is 2.29. The molecule has 0 N–H and O–H groups in total. The molecule has 1 fully saturated rings. The third-order valence-electron chi connectivity index (χ3n) is 3.61. The van der Waals surface area contributed by atoms with Crippen LogP contribution in [0.4, 0.5) is 0 Å². The second-order valence-electron chi connectivity index (χ2n) is 6.05. The number of hydrogen-bond donors (Lipinski definition) is 0. The molecule has 108 valence electrons. The third-order valence-corrected chi connectivity index (χ3v) is 5.47. The fraction of sp³-hybridized carbons (Fsp3) is 1.00. The van der Waals surface area contributed by atoms with E-state index in [1.54, 1.807) is 0 Å². The lowest BCUT2D eigenvalue weighted by molar-refractivity contribution is 0.254. The lowest BCUT2D eigenvalue weighted by Gasteiger charge is -2.37. The van der Waals surface area contributed by atoms with Crippen LogP contribution in [0, 0.1) is 0 Å². The van der Waals surface area contributed by atoms with Crippen LogP contribution < -0.4 is 0 Å². The van der Waals surface area contributed by atoms with Crippen molar-refractivity contribution in [2.75, 3.05) is 30.7 Å². The zero-order valence-corrected chi connectivity index (χ0v) is 14.6. The Labute approximate surface area is 127 Å². The largest absolute Gasteiger partial charge is 0.301 e. The first-order valence-electron chi connectivity index (χ1n) is 7.56. The van der Waals surface area contributed by atoms with E-state index < -0.39 is 0 Å². The molecule has 1 saturated heterocycles. The first kappa shape index (κ1) is 16.8. The highest BCUT2D eigenvalue weighted by Gasteiger charge is 2.26. The van der Waals surface area contributed by atoms with E-state index in [0.717, 1.165) is 0 Å². The first-order valence-corrected chi connectivity index (χ1v) is 9.67. The highest BCUT2D eigenvalue weighted by molar-refractivity contribution is 9.09. The van der Waals surface area contributed by atoms with Crippen LogP contribution in [0.15, 0.2) is 0 Å². The fourth-order valence-corrected chi connectivity index (χ4v) is 4.19. The molecule has 0 radical (unpaired) electrons. The van der Waals surface area contributed by atoms with Crippen molar-refractivity contribution >= 4 is 27.7 Å². The molecule has 0 unspecified atom stereocenters. The minimum absolute atomic E-state index is 0.480. The van der Waals surface area contributed by atoms with E-state index in [4.69, 9.17) is 0 Å². The summed E-state index contributed by atoms with van der Waals surface area (Å²) in [6.45, 7) is 8.68. The molecule has 0 aromatic carbocycles. The molecule has 0 aromatic heterocycles. The summed E-state index contributed by atoms with van der Waals surface area (Å²) in [5.41, 5.74) is 0. The van der Waals surface area contributed by atoms with E-state index in [1.165, 1.54) is 75.7 Å². The van der Waals surface area contributed by atoms with E-state index in [-0.39, 0.29) is 0 Å². The molecule has 3 heteroatoms. The van der Waals surface area contributed by atoms with Crippen molar-refractivity contribution in [3.05, 3.63) is 0 Å². The maximum atomic E-state index is 3.49. The van der Waals surface area contributed by atoms with Crippen molar-refractivity contribution in [2.45, 2.75) is 63.5 Å². The van der Waals surface area contributed by atoms with Gasteiger partial charge in [0.1, 0.15) is 0 Å². The molecule has 0 amide bonds. The number of unbranched alkanes of at least 4 members (excludes halogenated alkanes) is 6. The molecule has 0 bridgehead atoms. The molecule has 1 aliphatic heterocycles. The van der Waals surface area contributed by atoms with Gasteiger partial charge in [-0.25, -0.2) is 0 Å². The molecule has 1 rings (SSSR count). The molecule has 18 heavy (non-hydrogen) atoms. The Kier molecular flexibility index (Phi) is 9.04. The molecule has 1 heterocycles. The fourth-order valence-electron chi connectivity index (χ4n) is 2.62. The lowest BCUT2D eigenvalue weighted by atomic mass is 10.1. The Morgan fingerprint density at radius 2 is 1.61 bits per heavy atom. The van der Waals surface area contributed by atoms with Gasteiger partial charge in [-0.3, -0.25) is 0 Å². The van der Waals surface area contributed by atoms with E-state index >= 15 is 0 Å². The predicted octanol–water partition coefficient (Wildman–Crippen LogP) is 4.94. The van der Waals surface area contributed by atoms with Crippen LogP contribution in [0.3, 0.4) is 0 Å². The second kappa shape index (κ2) is 9.66. The molecular weight excluding hydrogens is 306 g/mol. The summed E-state index contributed by atoms with van der Waals surface area (Å²) in [7, 11) is 0. The van der Waals surface area contributed by atoms with Crippen molar-refractivity contribution in [3.63, 3.8) is 0 Å². The van der Waals surface area contributed by atoms with Crippen molar-refractivity contribution in [1.82, 2.24) is 4.90 Å². The van der Waals surface area contributed by atoms with Gasteiger partial charge < -0.3 is 4.90 Å². The Balaban J connectivity index is 1.91. The summed E-state index contributed by atoms with van der Waals surface area (Å²) < 4.78 is 0.480. The maximum Gasteiger partial charge on any atom is 0.0231 e. The van der Waals surface area contributed by atoms with E-state index in [0.29, 0.717) is 4.75 Å². The quantitative estimate of drug-likeness (QED) is 0.433. The summed E-state index contributed by atoms with van der Waals surface area (Å²) in [6, 6.07) is 0. The van der Waals surface area contributed by atoms with Gasteiger partial charge in [-0.2, -0.15) is 11.8 Å². The Bertz CT molecular complexity index is 209. The maximum absolute atomic E-state index is 3.49. The molecule has 1 nitrogen and oxygen atoms in total. The molecule has 0 atom stereocenters. The zero-order chi connectivity index (χ0) is 13.3. The van der Waals surface area contributed by atoms with Crippen molar-refractivity contribution in [2.24, 2.45) is 0 Å². The predicted molar refractivity (Wildman–Crippen MR) is 89.1 cm³/mol. The topological polar surface area (TPSA) is 3.24 Å². The number of halogens is 1. The minimum atomic E-state index is 0.480. The van der Waals surface area contributed by atoms with Gasteiger partial charge in [0.25, 0.3) is 0 Å². The van der Waals surface area contributed by atoms with Gasteiger partial charge in [-0.1, -0.05) is 48.0 Å². The second-order valence-corrected chi connectivity index (χ2v) is 8.64. The van der Waals surface area contributed by atoms with Crippen LogP contribution in [0.5, 0.6) is 0 Å². The van der Waals surface area contributed by atoms with Crippen LogP contribution in [0.1, 0.15) is 58.8 Å². The monoisotopic (exact) mass is 335 g/mol. The molecule has 0 saturated carbocycles. The van der Waals surface area contributed by atoms with Gasteiger partial charge in [0.05, 0.1) is 0 Å². The van der Waals surface area contributed by atoms with Gasteiger partial charge in [0, 0.05) is 28.9 Å².